The third kappa shape index (κ3) is 6.86. The molecule has 0 aliphatic rings. The number of benzene rings is 3. The zero-order valence-electron chi connectivity index (χ0n) is 17.1. The van der Waals surface area contributed by atoms with Gasteiger partial charge in [0, 0.05) is 6.42 Å². The third-order valence-corrected chi connectivity index (χ3v) is 5.00. The van der Waals surface area contributed by atoms with Crippen molar-refractivity contribution in [1.82, 2.24) is 10.9 Å². The number of amides is 2. The van der Waals surface area contributed by atoms with Crippen LogP contribution in [0, 0.1) is 6.92 Å². The van der Waals surface area contributed by atoms with Gasteiger partial charge in [0.05, 0.1) is 16.6 Å². The standard InChI is InChI=1S/C24H23BrN2O4/c1-17-11-12-22(20(25)15-17)31-16-23(28)26-27-24(29)19-9-5-6-10-21(19)30-14-13-18-7-3-2-4-8-18/h2-12,15H,13-14,16H2,1H3,(H,26,28)(H,27,29). The SMILES string of the molecule is Cc1ccc(OCC(=O)NNC(=O)c2ccccc2OCCc2ccccc2)c(Br)c1. The minimum atomic E-state index is -0.483. The van der Waals surface area contributed by atoms with Gasteiger partial charge in [0.1, 0.15) is 11.5 Å². The Morgan fingerprint density at radius 1 is 0.871 bits per heavy atom. The molecule has 0 saturated carbocycles. The van der Waals surface area contributed by atoms with Crippen LogP contribution in [-0.4, -0.2) is 25.0 Å². The average Bonchev–Trinajstić information content (AvgIpc) is 2.78. The van der Waals surface area contributed by atoms with E-state index in [2.05, 4.69) is 26.8 Å². The molecule has 0 bridgehead atoms. The molecule has 0 unspecified atom stereocenters. The Labute approximate surface area is 189 Å². The van der Waals surface area contributed by atoms with Crippen LogP contribution in [0.2, 0.25) is 0 Å². The summed E-state index contributed by atoms with van der Waals surface area (Å²) in [6.07, 6.45) is 0.722. The predicted molar refractivity (Wildman–Crippen MR) is 122 cm³/mol. The van der Waals surface area contributed by atoms with Gasteiger partial charge in [0.15, 0.2) is 6.61 Å². The van der Waals surface area contributed by atoms with Crippen LogP contribution in [-0.2, 0) is 11.2 Å². The number of aryl methyl sites for hydroxylation is 1. The van der Waals surface area contributed by atoms with Crippen molar-refractivity contribution >= 4 is 27.7 Å². The summed E-state index contributed by atoms with van der Waals surface area (Å²) in [5, 5.41) is 0. The molecule has 0 aromatic heterocycles. The molecule has 6 nitrogen and oxygen atoms in total. The minimum absolute atomic E-state index is 0.239. The summed E-state index contributed by atoms with van der Waals surface area (Å²) in [7, 11) is 0. The maximum Gasteiger partial charge on any atom is 0.276 e. The smallest absolute Gasteiger partial charge is 0.276 e. The van der Waals surface area contributed by atoms with E-state index in [0.717, 1.165) is 22.0 Å². The molecule has 31 heavy (non-hydrogen) atoms. The quantitative estimate of drug-likeness (QED) is 0.471. The first kappa shape index (κ1) is 22.4. The molecule has 0 radical (unpaired) electrons. The molecule has 0 spiro atoms. The van der Waals surface area contributed by atoms with Crippen LogP contribution >= 0.6 is 15.9 Å². The lowest BCUT2D eigenvalue weighted by molar-refractivity contribution is -0.123. The number of carbonyl (C=O) groups is 2. The molecule has 0 atom stereocenters. The van der Waals surface area contributed by atoms with Crippen LogP contribution < -0.4 is 20.3 Å². The monoisotopic (exact) mass is 482 g/mol. The average molecular weight is 483 g/mol. The summed E-state index contributed by atoms with van der Waals surface area (Å²) in [5.41, 5.74) is 7.31. The van der Waals surface area contributed by atoms with Gasteiger partial charge >= 0.3 is 0 Å². The van der Waals surface area contributed by atoms with Crippen molar-refractivity contribution < 1.29 is 19.1 Å². The minimum Gasteiger partial charge on any atom is -0.492 e. The summed E-state index contributed by atoms with van der Waals surface area (Å²) in [6.45, 7) is 2.15. The van der Waals surface area contributed by atoms with Gasteiger partial charge in [-0.05, 0) is 58.2 Å². The Hall–Kier alpha value is -3.32. The van der Waals surface area contributed by atoms with E-state index in [0.29, 0.717) is 23.7 Å². The highest BCUT2D eigenvalue weighted by Crippen LogP contribution is 2.25. The Balaban J connectivity index is 1.49. The van der Waals surface area contributed by atoms with Crippen LogP contribution in [0.5, 0.6) is 11.5 Å². The molecule has 3 aromatic carbocycles. The van der Waals surface area contributed by atoms with Crippen molar-refractivity contribution in [3.05, 3.63) is 94.0 Å². The lowest BCUT2D eigenvalue weighted by atomic mass is 10.1. The Bertz CT molecular complexity index is 1040. The van der Waals surface area contributed by atoms with Gasteiger partial charge in [-0.2, -0.15) is 0 Å². The van der Waals surface area contributed by atoms with Gasteiger partial charge in [0.25, 0.3) is 11.8 Å². The predicted octanol–water partition coefficient (Wildman–Crippen LogP) is 4.22. The molecule has 3 rings (SSSR count). The maximum atomic E-state index is 12.5. The van der Waals surface area contributed by atoms with E-state index >= 15 is 0 Å². The van der Waals surface area contributed by atoms with E-state index in [1.165, 1.54) is 0 Å². The van der Waals surface area contributed by atoms with E-state index in [1.807, 2.05) is 49.4 Å². The first-order chi connectivity index (χ1) is 15.0. The lowest BCUT2D eigenvalue weighted by Crippen LogP contribution is -2.44. The van der Waals surface area contributed by atoms with E-state index in [1.54, 1.807) is 30.3 Å². The van der Waals surface area contributed by atoms with Crippen molar-refractivity contribution in [2.45, 2.75) is 13.3 Å². The van der Waals surface area contributed by atoms with Gasteiger partial charge in [0.2, 0.25) is 0 Å². The van der Waals surface area contributed by atoms with Gasteiger partial charge < -0.3 is 9.47 Å². The Kier molecular flexibility index (Phi) is 8.06. The second-order valence-electron chi connectivity index (χ2n) is 6.81. The zero-order chi connectivity index (χ0) is 22.1. The summed E-state index contributed by atoms with van der Waals surface area (Å²) >= 11 is 3.39. The molecule has 0 fully saturated rings. The van der Waals surface area contributed by atoms with Crippen molar-refractivity contribution in [2.24, 2.45) is 0 Å². The number of halogens is 1. The molecule has 2 amide bonds. The van der Waals surface area contributed by atoms with E-state index in [-0.39, 0.29) is 6.61 Å². The van der Waals surface area contributed by atoms with Crippen molar-refractivity contribution in [1.29, 1.82) is 0 Å². The topological polar surface area (TPSA) is 76.7 Å². The highest BCUT2D eigenvalue weighted by atomic mass is 79.9. The van der Waals surface area contributed by atoms with Crippen LogP contribution in [0.1, 0.15) is 21.5 Å². The van der Waals surface area contributed by atoms with Crippen LogP contribution in [0.15, 0.2) is 77.3 Å². The lowest BCUT2D eigenvalue weighted by Gasteiger charge is -2.13. The fraction of sp³-hybridized carbons (Fsp3) is 0.167. The van der Waals surface area contributed by atoms with Crippen LogP contribution in [0.3, 0.4) is 0 Å². The number of para-hydroxylation sites is 1. The normalized spacial score (nSPS) is 10.3. The molecule has 2 N–H and O–H groups in total. The second-order valence-corrected chi connectivity index (χ2v) is 7.66. The molecule has 0 aliphatic carbocycles. The Morgan fingerprint density at radius 2 is 1.61 bits per heavy atom. The highest BCUT2D eigenvalue weighted by molar-refractivity contribution is 9.10. The highest BCUT2D eigenvalue weighted by Gasteiger charge is 2.13. The zero-order valence-corrected chi connectivity index (χ0v) is 18.6. The van der Waals surface area contributed by atoms with Gasteiger partial charge in [-0.3, -0.25) is 20.4 Å². The largest absolute Gasteiger partial charge is 0.492 e. The number of rotatable bonds is 8. The van der Waals surface area contributed by atoms with Crippen LogP contribution in [0.4, 0.5) is 0 Å². The Morgan fingerprint density at radius 3 is 2.39 bits per heavy atom. The first-order valence-electron chi connectivity index (χ1n) is 9.77. The number of hydrogen-bond donors (Lipinski definition) is 2. The second kappa shape index (κ2) is 11.2. The number of nitrogens with one attached hydrogen (secondary N) is 2. The molecular formula is C24H23BrN2O4. The van der Waals surface area contributed by atoms with Crippen LogP contribution in [0.25, 0.3) is 0 Å². The van der Waals surface area contributed by atoms with Gasteiger partial charge in [-0.15, -0.1) is 0 Å². The molecule has 0 heterocycles. The number of ether oxygens (including phenoxy) is 2. The summed E-state index contributed by atoms with van der Waals surface area (Å²) in [6, 6.07) is 22.4. The fourth-order valence-electron chi connectivity index (χ4n) is 2.80. The van der Waals surface area contributed by atoms with Gasteiger partial charge in [-0.25, -0.2) is 0 Å². The molecule has 7 heteroatoms. The summed E-state index contributed by atoms with van der Waals surface area (Å²) < 4.78 is 12.0. The maximum absolute atomic E-state index is 12.5. The number of hydrazine groups is 1. The first-order valence-corrected chi connectivity index (χ1v) is 10.6. The molecule has 0 aliphatic heterocycles. The van der Waals surface area contributed by atoms with Crippen molar-refractivity contribution in [2.75, 3.05) is 13.2 Å². The van der Waals surface area contributed by atoms with E-state index < -0.39 is 11.8 Å². The van der Waals surface area contributed by atoms with E-state index in [9.17, 15) is 9.59 Å². The van der Waals surface area contributed by atoms with E-state index in [4.69, 9.17) is 9.47 Å². The van der Waals surface area contributed by atoms with Gasteiger partial charge in [-0.1, -0.05) is 48.5 Å². The summed E-state index contributed by atoms with van der Waals surface area (Å²) in [5.74, 6) is 0.0396. The number of hydrogen-bond acceptors (Lipinski definition) is 4. The molecule has 3 aromatic rings. The molecular weight excluding hydrogens is 460 g/mol. The fourth-order valence-corrected chi connectivity index (χ4v) is 3.41. The molecule has 0 saturated heterocycles. The number of carbonyl (C=O) groups excluding carboxylic acids is 2. The molecule has 160 valence electrons. The summed E-state index contributed by atoms with van der Waals surface area (Å²) in [4.78, 5) is 24.6. The van der Waals surface area contributed by atoms with Crippen molar-refractivity contribution in [3.63, 3.8) is 0 Å². The van der Waals surface area contributed by atoms with Crippen molar-refractivity contribution in [3.8, 4) is 11.5 Å². The third-order valence-electron chi connectivity index (χ3n) is 4.38.